The molecule has 1 atom stereocenters. The van der Waals surface area contributed by atoms with Crippen molar-refractivity contribution in [1.29, 1.82) is 0 Å². The van der Waals surface area contributed by atoms with E-state index in [4.69, 9.17) is 4.74 Å². The van der Waals surface area contributed by atoms with Crippen LogP contribution < -0.4 is 0 Å². The number of hydrogen-bond acceptors (Lipinski definition) is 3. The van der Waals surface area contributed by atoms with Crippen molar-refractivity contribution in [2.24, 2.45) is 5.92 Å². The Labute approximate surface area is 129 Å². The highest BCUT2D eigenvalue weighted by Crippen LogP contribution is 2.30. The number of nitrogens with zero attached hydrogens (tertiary/aromatic N) is 1. The SMILES string of the molecule is CCN(C(=O)OC(C)(C)C)C(CC=O)C1CCCCCC1. The number of amides is 1. The third-order valence-electron chi connectivity index (χ3n) is 4.15. The van der Waals surface area contributed by atoms with E-state index in [1.807, 2.05) is 27.7 Å². The van der Waals surface area contributed by atoms with E-state index in [2.05, 4.69) is 0 Å². The molecule has 4 nitrogen and oxygen atoms in total. The molecule has 0 heterocycles. The highest BCUT2D eigenvalue weighted by molar-refractivity contribution is 5.69. The second-order valence-electron chi connectivity index (χ2n) is 6.99. The fourth-order valence-corrected chi connectivity index (χ4v) is 3.19. The van der Waals surface area contributed by atoms with Crippen molar-refractivity contribution in [3.63, 3.8) is 0 Å². The summed E-state index contributed by atoms with van der Waals surface area (Å²) < 4.78 is 5.51. The molecule has 1 amide bonds. The van der Waals surface area contributed by atoms with Gasteiger partial charge in [-0.05, 0) is 46.5 Å². The smallest absolute Gasteiger partial charge is 0.410 e. The summed E-state index contributed by atoms with van der Waals surface area (Å²) in [6.07, 6.45) is 8.22. The zero-order valence-corrected chi connectivity index (χ0v) is 14.1. The standard InChI is InChI=1S/C17H31NO3/c1-5-18(16(20)21-17(2,3)4)15(12-13-19)14-10-8-6-7-9-11-14/h13-15H,5-12H2,1-4H3. The topological polar surface area (TPSA) is 46.6 Å². The van der Waals surface area contributed by atoms with Crippen LogP contribution in [0.15, 0.2) is 0 Å². The molecule has 0 N–H and O–H groups in total. The minimum absolute atomic E-state index is 0.0135. The molecule has 1 unspecified atom stereocenters. The zero-order valence-electron chi connectivity index (χ0n) is 14.1. The van der Waals surface area contributed by atoms with E-state index in [-0.39, 0.29) is 12.1 Å². The Kier molecular flexibility index (Phi) is 7.20. The van der Waals surface area contributed by atoms with Gasteiger partial charge in [-0.25, -0.2) is 4.79 Å². The Morgan fingerprint density at radius 1 is 1.24 bits per heavy atom. The molecule has 21 heavy (non-hydrogen) atoms. The molecule has 0 saturated heterocycles. The van der Waals surface area contributed by atoms with E-state index >= 15 is 0 Å². The summed E-state index contributed by atoms with van der Waals surface area (Å²) in [6.45, 7) is 8.17. The monoisotopic (exact) mass is 297 g/mol. The predicted molar refractivity (Wildman–Crippen MR) is 84.3 cm³/mol. The van der Waals surface area contributed by atoms with Crippen LogP contribution in [0, 0.1) is 5.92 Å². The van der Waals surface area contributed by atoms with Crippen LogP contribution >= 0.6 is 0 Å². The van der Waals surface area contributed by atoms with Crippen molar-refractivity contribution < 1.29 is 14.3 Å². The maximum atomic E-state index is 12.4. The van der Waals surface area contributed by atoms with Gasteiger partial charge in [0.25, 0.3) is 0 Å². The third-order valence-corrected chi connectivity index (χ3v) is 4.15. The summed E-state index contributed by atoms with van der Waals surface area (Å²) in [6, 6.07) is -0.0135. The van der Waals surface area contributed by atoms with Gasteiger partial charge in [-0.1, -0.05) is 25.7 Å². The summed E-state index contributed by atoms with van der Waals surface area (Å²) >= 11 is 0. The predicted octanol–water partition coefficient (Wildman–Crippen LogP) is 4.17. The van der Waals surface area contributed by atoms with E-state index < -0.39 is 5.60 Å². The van der Waals surface area contributed by atoms with Crippen LogP contribution in [0.4, 0.5) is 4.79 Å². The summed E-state index contributed by atoms with van der Waals surface area (Å²) in [5.74, 6) is 0.421. The molecular formula is C17H31NO3. The van der Waals surface area contributed by atoms with Crippen LogP contribution in [0.25, 0.3) is 0 Å². The minimum atomic E-state index is -0.500. The molecule has 1 aliphatic rings. The van der Waals surface area contributed by atoms with Gasteiger partial charge in [-0.15, -0.1) is 0 Å². The fraction of sp³-hybridized carbons (Fsp3) is 0.882. The van der Waals surface area contributed by atoms with E-state index in [1.54, 1.807) is 4.90 Å². The lowest BCUT2D eigenvalue weighted by Crippen LogP contribution is -2.47. The number of hydrogen-bond donors (Lipinski definition) is 0. The largest absolute Gasteiger partial charge is 0.444 e. The highest BCUT2D eigenvalue weighted by Gasteiger charge is 2.32. The molecule has 0 aromatic heterocycles. The normalized spacial score (nSPS) is 18.7. The molecule has 1 rings (SSSR count). The van der Waals surface area contributed by atoms with Crippen molar-refractivity contribution >= 4 is 12.4 Å². The Hall–Kier alpha value is -1.06. The summed E-state index contributed by atoms with van der Waals surface area (Å²) in [7, 11) is 0. The molecule has 1 aliphatic carbocycles. The maximum Gasteiger partial charge on any atom is 0.410 e. The Morgan fingerprint density at radius 2 is 1.81 bits per heavy atom. The Balaban J connectivity index is 2.83. The molecule has 0 spiro atoms. The first-order valence-electron chi connectivity index (χ1n) is 8.32. The average Bonchev–Trinajstić information content (AvgIpc) is 2.65. The summed E-state index contributed by atoms with van der Waals surface area (Å²) in [5.41, 5.74) is -0.500. The lowest BCUT2D eigenvalue weighted by molar-refractivity contribution is -0.109. The molecule has 0 aromatic carbocycles. The van der Waals surface area contributed by atoms with Crippen molar-refractivity contribution in [3.05, 3.63) is 0 Å². The van der Waals surface area contributed by atoms with Gasteiger partial charge in [0, 0.05) is 19.0 Å². The second kappa shape index (κ2) is 8.40. The molecule has 0 aliphatic heterocycles. The van der Waals surface area contributed by atoms with E-state index in [0.29, 0.717) is 18.9 Å². The Morgan fingerprint density at radius 3 is 2.24 bits per heavy atom. The van der Waals surface area contributed by atoms with Crippen LogP contribution in [-0.4, -0.2) is 35.5 Å². The number of rotatable bonds is 5. The third kappa shape index (κ3) is 6.06. The lowest BCUT2D eigenvalue weighted by atomic mass is 9.89. The number of carbonyl (C=O) groups is 2. The van der Waals surface area contributed by atoms with Crippen LogP contribution in [0.2, 0.25) is 0 Å². The van der Waals surface area contributed by atoms with Crippen LogP contribution in [0.5, 0.6) is 0 Å². The van der Waals surface area contributed by atoms with Crippen molar-refractivity contribution in [1.82, 2.24) is 4.90 Å². The maximum absolute atomic E-state index is 12.4. The molecule has 122 valence electrons. The quantitative estimate of drug-likeness (QED) is 0.565. The van der Waals surface area contributed by atoms with E-state index in [0.717, 1.165) is 19.1 Å². The second-order valence-corrected chi connectivity index (χ2v) is 6.99. The number of carbonyl (C=O) groups excluding carboxylic acids is 2. The number of ether oxygens (including phenoxy) is 1. The van der Waals surface area contributed by atoms with E-state index in [9.17, 15) is 9.59 Å². The van der Waals surface area contributed by atoms with Gasteiger partial charge in [0.05, 0.1) is 0 Å². The first-order chi connectivity index (χ1) is 9.89. The Bertz CT molecular complexity index is 327. The van der Waals surface area contributed by atoms with Gasteiger partial charge in [0.2, 0.25) is 0 Å². The molecular weight excluding hydrogens is 266 g/mol. The van der Waals surface area contributed by atoms with Crippen molar-refractivity contribution in [3.8, 4) is 0 Å². The van der Waals surface area contributed by atoms with Gasteiger partial charge in [-0.2, -0.15) is 0 Å². The number of aldehydes is 1. The first kappa shape index (κ1) is 18.0. The lowest BCUT2D eigenvalue weighted by Gasteiger charge is -2.36. The van der Waals surface area contributed by atoms with Gasteiger partial charge < -0.3 is 14.4 Å². The molecule has 1 saturated carbocycles. The molecule has 4 heteroatoms. The molecule has 0 aromatic rings. The summed E-state index contributed by atoms with van der Waals surface area (Å²) in [4.78, 5) is 25.3. The molecule has 1 fully saturated rings. The zero-order chi connectivity index (χ0) is 15.9. The fourth-order valence-electron chi connectivity index (χ4n) is 3.19. The summed E-state index contributed by atoms with van der Waals surface area (Å²) in [5, 5.41) is 0. The average molecular weight is 297 g/mol. The highest BCUT2D eigenvalue weighted by atomic mass is 16.6. The molecule has 0 radical (unpaired) electrons. The van der Waals surface area contributed by atoms with Gasteiger partial charge in [-0.3, -0.25) is 0 Å². The van der Waals surface area contributed by atoms with Crippen molar-refractivity contribution in [2.75, 3.05) is 6.54 Å². The van der Waals surface area contributed by atoms with E-state index in [1.165, 1.54) is 25.7 Å². The minimum Gasteiger partial charge on any atom is -0.444 e. The van der Waals surface area contributed by atoms with Crippen LogP contribution in [0.1, 0.15) is 72.6 Å². The van der Waals surface area contributed by atoms with Crippen LogP contribution in [0.3, 0.4) is 0 Å². The van der Waals surface area contributed by atoms with Gasteiger partial charge >= 0.3 is 6.09 Å². The van der Waals surface area contributed by atoms with Crippen molar-refractivity contribution in [2.45, 2.75) is 84.3 Å². The molecule has 0 bridgehead atoms. The van der Waals surface area contributed by atoms with Crippen LogP contribution in [-0.2, 0) is 9.53 Å². The van der Waals surface area contributed by atoms with Gasteiger partial charge in [0.1, 0.15) is 11.9 Å². The van der Waals surface area contributed by atoms with Gasteiger partial charge in [0.15, 0.2) is 0 Å². The first-order valence-corrected chi connectivity index (χ1v) is 8.32.